The third-order valence-electron chi connectivity index (χ3n) is 9.56. The summed E-state index contributed by atoms with van der Waals surface area (Å²) in [4.78, 5) is 23.6. The van der Waals surface area contributed by atoms with Gasteiger partial charge in [0.05, 0.1) is 13.2 Å². The highest BCUT2D eigenvalue weighted by Gasteiger charge is 2.43. The monoisotopic (exact) mass is 616 g/mol. The first-order valence-electron chi connectivity index (χ1n) is 15.5. The van der Waals surface area contributed by atoms with Crippen molar-refractivity contribution in [2.24, 2.45) is 0 Å². The maximum Gasteiger partial charge on any atom is 0.330 e. The van der Waals surface area contributed by atoms with E-state index in [-0.39, 0.29) is 10.8 Å². The fourth-order valence-corrected chi connectivity index (χ4v) is 7.57. The van der Waals surface area contributed by atoms with Gasteiger partial charge in [-0.1, -0.05) is 93.2 Å². The largest absolute Gasteiger partial charge is 0.463 e. The lowest BCUT2D eigenvalue weighted by atomic mass is 9.71. The molecule has 5 heteroatoms. The quantitative estimate of drug-likeness (QED) is 0.0956. The second-order valence-electron chi connectivity index (χ2n) is 12.4. The first-order valence-corrected chi connectivity index (χ1v) is 15.9. The zero-order valence-corrected chi connectivity index (χ0v) is 26.6. The molecule has 0 fully saturated rings. The van der Waals surface area contributed by atoms with E-state index in [1.165, 1.54) is 56.7 Å². The van der Waals surface area contributed by atoms with Crippen LogP contribution in [0.15, 0.2) is 104 Å². The van der Waals surface area contributed by atoms with Crippen LogP contribution in [0.3, 0.4) is 0 Å². The lowest BCUT2D eigenvalue weighted by Gasteiger charge is -2.33. The summed E-state index contributed by atoms with van der Waals surface area (Å²) in [5.74, 6) is -0.835. The Morgan fingerprint density at radius 1 is 0.667 bits per heavy atom. The van der Waals surface area contributed by atoms with Gasteiger partial charge in [-0.3, -0.25) is 0 Å². The van der Waals surface area contributed by atoms with Gasteiger partial charge in [0.2, 0.25) is 0 Å². The molecule has 45 heavy (non-hydrogen) atoms. The number of carbonyl (C=O) groups excluding carboxylic acids is 2. The van der Waals surface area contributed by atoms with Gasteiger partial charge in [-0.05, 0) is 106 Å². The van der Waals surface area contributed by atoms with Crippen LogP contribution >= 0.6 is 11.6 Å². The molecule has 0 unspecified atom stereocenters. The van der Waals surface area contributed by atoms with Crippen molar-refractivity contribution in [3.8, 4) is 33.4 Å². The summed E-state index contributed by atoms with van der Waals surface area (Å²) in [5.41, 5.74) is 11.8. The molecule has 228 valence electrons. The van der Waals surface area contributed by atoms with E-state index in [2.05, 4.69) is 99.8 Å². The number of ether oxygens (including phenoxy) is 2. The van der Waals surface area contributed by atoms with E-state index in [9.17, 15) is 9.59 Å². The normalized spacial score (nSPS) is 14.5. The molecule has 0 amide bonds. The van der Waals surface area contributed by atoms with E-state index in [1.807, 2.05) is 6.07 Å². The van der Waals surface area contributed by atoms with Crippen molar-refractivity contribution in [1.29, 1.82) is 0 Å². The number of fused-ring (bicyclic) bond motifs is 6. The van der Waals surface area contributed by atoms with Gasteiger partial charge in [-0.15, -0.1) is 0 Å². The van der Waals surface area contributed by atoms with Crippen molar-refractivity contribution < 1.29 is 19.1 Å². The molecule has 0 radical (unpaired) electrons. The van der Waals surface area contributed by atoms with Gasteiger partial charge in [-0.25, -0.2) is 9.59 Å². The van der Waals surface area contributed by atoms with Crippen LogP contribution in [0.25, 0.3) is 33.4 Å². The third-order valence-corrected chi connectivity index (χ3v) is 9.79. The number of halogens is 1. The van der Waals surface area contributed by atoms with Crippen molar-refractivity contribution >= 4 is 23.5 Å². The van der Waals surface area contributed by atoms with Crippen LogP contribution < -0.4 is 0 Å². The van der Waals surface area contributed by atoms with Crippen LogP contribution in [-0.2, 0) is 29.9 Å². The number of benzene rings is 4. The summed E-state index contributed by atoms with van der Waals surface area (Å²) >= 11 is 6.42. The molecule has 0 saturated heterocycles. The topological polar surface area (TPSA) is 52.6 Å². The Kier molecular flexibility index (Phi) is 8.28. The summed E-state index contributed by atoms with van der Waals surface area (Å²) < 4.78 is 10.8. The van der Waals surface area contributed by atoms with Crippen LogP contribution in [0.2, 0.25) is 5.02 Å². The molecule has 0 saturated carbocycles. The molecule has 0 N–H and O–H groups in total. The Bertz CT molecular complexity index is 1800. The Balaban J connectivity index is 1.41. The Labute approximate surface area is 270 Å². The zero-order valence-electron chi connectivity index (χ0n) is 25.8. The lowest BCUT2D eigenvalue weighted by Crippen LogP contribution is -2.27. The molecular weight excluding hydrogens is 580 g/mol. The van der Waals surface area contributed by atoms with Crippen LogP contribution in [0.4, 0.5) is 0 Å². The Morgan fingerprint density at radius 2 is 1.16 bits per heavy atom. The smallest absolute Gasteiger partial charge is 0.330 e. The van der Waals surface area contributed by atoms with E-state index in [4.69, 9.17) is 21.1 Å². The van der Waals surface area contributed by atoms with E-state index in [0.29, 0.717) is 26.1 Å². The number of carbonyl (C=O) groups is 2. The lowest BCUT2D eigenvalue weighted by molar-refractivity contribution is -0.138. The average Bonchev–Trinajstić information content (AvgIpc) is 3.45. The highest BCUT2D eigenvalue weighted by molar-refractivity contribution is 6.30. The molecule has 0 aromatic heterocycles. The predicted octanol–water partition coefficient (Wildman–Crippen LogP) is 9.60. The molecule has 2 aliphatic rings. The molecule has 0 heterocycles. The fourth-order valence-electron chi connectivity index (χ4n) is 7.40. The molecular formula is C40H37ClO4. The maximum atomic E-state index is 11.8. The standard InChI is InChI=1S/C40H37ClO4/c1-5-37(42)44-21-9-19-40(20-10-22-45-38(43)6-2)33-12-8-7-11-29(33)32-17-14-27(24-36(32)40)26-13-16-30-31-18-15-28(41)25-35(31)39(3,4)34(30)23-26/h5-8,11-18,23-25H,1-2,9-10,19-22H2,3-4H3. The van der Waals surface area contributed by atoms with Crippen LogP contribution in [0.1, 0.15) is 61.8 Å². The number of hydrogen-bond acceptors (Lipinski definition) is 4. The molecule has 2 aliphatic carbocycles. The van der Waals surface area contributed by atoms with Gasteiger partial charge in [0, 0.05) is 28.0 Å². The van der Waals surface area contributed by atoms with Crippen LogP contribution in [0.5, 0.6) is 0 Å². The van der Waals surface area contributed by atoms with Crippen LogP contribution in [0, 0.1) is 0 Å². The molecule has 0 spiro atoms. The molecule has 0 atom stereocenters. The maximum absolute atomic E-state index is 11.8. The summed E-state index contributed by atoms with van der Waals surface area (Å²) in [5, 5.41) is 0.753. The SMILES string of the molecule is C=CC(=O)OCCCC1(CCCOC(=O)C=C)c2ccccc2-c2ccc(-c3ccc4c(c3)C(C)(C)c3cc(Cl)ccc3-4)cc21. The van der Waals surface area contributed by atoms with Gasteiger partial charge in [0.25, 0.3) is 0 Å². The van der Waals surface area contributed by atoms with Crippen LogP contribution in [-0.4, -0.2) is 25.2 Å². The Hall–Kier alpha value is -4.41. The first-order chi connectivity index (χ1) is 21.7. The van der Waals surface area contributed by atoms with Gasteiger partial charge < -0.3 is 9.47 Å². The van der Waals surface area contributed by atoms with Gasteiger partial charge in [0.15, 0.2) is 0 Å². The number of esters is 2. The molecule has 4 nitrogen and oxygen atoms in total. The van der Waals surface area contributed by atoms with Crippen molar-refractivity contribution in [3.63, 3.8) is 0 Å². The highest BCUT2D eigenvalue weighted by Crippen LogP contribution is 2.55. The minimum atomic E-state index is -0.418. The van der Waals surface area contributed by atoms with Crippen molar-refractivity contribution in [2.75, 3.05) is 13.2 Å². The van der Waals surface area contributed by atoms with Gasteiger partial charge in [0.1, 0.15) is 0 Å². The second kappa shape index (κ2) is 12.2. The van der Waals surface area contributed by atoms with E-state index in [0.717, 1.165) is 29.0 Å². The zero-order chi connectivity index (χ0) is 31.8. The summed E-state index contributed by atoms with van der Waals surface area (Å²) in [7, 11) is 0. The van der Waals surface area contributed by atoms with E-state index in [1.54, 1.807) is 0 Å². The number of hydrogen-bond donors (Lipinski definition) is 0. The molecule has 6 rings (SSSR count). The summed E-state index contributed by atoms with van der Waals surface area (Å²) in [6.45, 7) is 12.2. The van der Waals surface area contributed by atoms with Crippen molar-refractivity contribution in [1.82, 2.24) is 0 Å². The minimum Gasteiger partial charge on any atom is -0.463 e. The van der Waals surface area contributed by atoms with Gasteiger partial charge >= 0.3 is 11.9 Å². The summed E-state index contributed by atoms with van der Waals surface area (Å²) in [6.07, 6.45) is 5.29. The fraction of sp³-hybridized carbons (Fsp3) is 0.250. The van der Waals surface area contributed by atoms with Crippen molar-refractivity contribution in [2.45, 2.75) is 50.4 Å². The van der Waals surface area contributed by atoms with Crippen molar-refractivity contribution in [3.05, 3.63) is 131 Å². The average molecular weight is 617 g/mol. The molecule has 4 aromatic carbocycles. The molecule has 0 bridgehead atoms. The number of rotatable bonds is 11. The second-order valence-corrected chi connectivity index (χ2v) is 12.9. The third kappa shape index (κ3) is 5.42. The summed E-state index contributed by atoms with van der Waals surface area (Å²) in [6, 6.07) is 28.3. The highest BCUT2D eigenvalue weighted by atomic mass is 35.5. The van der Waals surface area contributed by atoms with Gasteiger partial charge in [-0.2, -0.15) is 0 Å². The molecule has 4 aromatic rings. The van der Waals surface area contributed by atoms with E-state index < -0.39 is 11.9 Å². The predicted molar refractivity (Wildman–Crippen MR) is 181 cm³/mol. The Morgan fingerprint density at radius 3 is 1.76 bits per heavy atom. The minimum absolute atomic E-state index is 0.173. The first kappa shape index (κ1) is 30.6. The van der Waals surface area contributed by atoms with E-state index >= 15 is 0 Å². The molecule has 0 aliphatic heterocycles.